The van der Waals surface area contributed by atoms with Gasteiger partial charge in [0.25, 0.3) is 0 Å². The normalized spacial score (nSPS) is 10.5. The maximum atomic E-state index is 13.2. The largest absolute Gasteiger partial charge is 0.457 e. The number of halogens is 2. The Labute approximate surface area is 121 Å². The zero-order valence-corrected chi connectivity index (χ0v) is 12.3. The van der Waals surface area contributed by atoms with Gasteiger partial charge in [-0.25, -0.2) is 4.39 Å². The Kier molecular flexibility index (Phi) is 4.72. The van der Waals surface area contributed by atoms with Crippen LogP contribution in [0.3, 0.4) is 0 Å². The molecule has 19 heavy (non-hydrogen) atoms. The lowest BCUT2D eigenvalue weighted by Crippen LogP contribution is -1.88. The molecule has 2 aromatic rings. The van der Waals surface area contributed by atoms with Crippen molar-refractivity contribution < 1.29 is 9.13 Å². The summed E-state index contributed by atoms with van der Waals surface area (Å²) in [6, 6.07) is 9.99. The van der Waals surface area contributed by atoms with Gasteiger partial charge in [-0.15, -0.1) is 11.8 Å². The third-order valence-electron chi connectivity index (χ3n) is 2.52. The summed E-state index contributed by atoms with van der Waals surface area (Å²) < 4.78 is 18.8. The molecule has 2 aromatic carbocycles. The van der Waals surface area contributed by atoms with E-state index in [0.29, 0.717) is 16.5 Å². The van der Waals surface area contributed by atoms with E-state index in [1.807, 2.05) is 25.1 Å². The third kappa shape index (κ3) is 3.88. The lowest BCUT2D eigenvalue weighted by Gasteiger charge is -2.09. The highest BCUT2D eigenvalue weighted by molar-refractivity contribution is 7.99. The van der Waals surface area contributed by atoms with E-state index in [9.17, 15) is 4.39 Å². The molecule has 0 N–H and O–H groups in total. The summed E-state index contributed by atoms with van der Waals surface area (Å²) >= 11 is 7.58. The molecule has 0 amide bonds. The van der Waals surface area contributed by atoms with Gasteiger partial charge in [0.15, 0.2) is 0 Å². The van der Waals surface area contributed by atoms with Crippen molar-refractivity contribution in [3.63, 3.8) is 0 Å². The van der Waals surface area contributed by atoms with Crippen LogP contribution in [-0.4, -0.2) is 5.75 Å². The lowest BCUT2D eigenvalue weighted by atomic mass is 10.2. The first-order valence-corrected chi connectivity index (χ1v) is 7.32. The van der Waals surface area contributed by atoms with Gasteiger partial charge in [0.2, 0.25) is 0 Å². The number of hydrogen-bond acceptors (Lipinski definition) is 2. The summed E-state index contributed by atoms with van der Waals surface area (Å²) in [5, 5.41) is 0.324. The molecule has 4 heteroatoms. The van der Waals surface area contributed by atoms with Gasteiger partial charge >= 0.3 is 0 Å². The van der Waals surface area contributed by atoms with Crippen molar-refractivity contribution in [3.8, 4) is 11.5 Å². The second-order valence-corrected chi connectivity index (χ2v) is 5.81. The van der Waals surface area contributed by atoms with Crippen LogP contribution in [0.25, 0.3) is 0 Å². The van der Waals surface area contributed by atoms with E-state index in [4.69, 9.17) is 16.3 Å². The summed E-state index contributed by atoms with van der Waals surface area (Å²) in [5.74, 6) is 1.71. The SMILES string of the molecule is CCSc1ccc(Oc2cc(F)cc(Cl)c2)cc1C. The highest BCUT2D eigenvalue weighted by Gasteiger charge is 2.04. The van der Waals surface area contributed by atoms with E-state index in [0.717, 1.165) is 11.3 Å². The maximum Gasteiger partial charge on any atom is 0.131 e. The van der Waals surface area contributed by atoms with Crippen LogP contribution >= 0.6 is 23.4 Å². The van der Waals surface area contributed by atoms with Gasteiger partial charge in [-0.2, -0.15) is 0 Å². The van der Waals surface area contributed by atoms with Gasteiger partial charge < -0.3 is 4.74 Å². The first kappa shape index (κ1) is 14.2. The van der Waals surface area contributed by atoms with E-state index in [1.54, 1.807) is 17.8 Å². The van der Waals surface area contributed by atoms with Crippen molar-refractivity contribution in [1.29, 1.82) is 0 Å². The maximum absolute atomic E-state index is 13.2. The third-order valence-corrected chi connectivity index (χ3v) is 3.79. The van der Waals surface area contributed by atoms with Crippen molar-refractivity contribution in [1.82, 2.24) is 0 Å². The molecular formula is C15H14ClFOS. The number of ether oxygens (including phenoxy) is 1. The molecule has 0 unspecified atom stereocenters. The summed E-state index contributed by atoms with van der Waals surface area (Å²) in [5.41, 5.74) is 1.15. The fourth-order valence-electron chi connectivity index (χ4n) is 1.73. The first-order valence-electron chi connectivity index (χ1n) is 5.96. The minimum atomic E-state index is -0.405. The molecule has 1 nitrogen and oxygen atoms in total. The molecule has 2 rings (SSSR count). The smallest absolute Gasteiger partial charge is 0.131 e. The van der Waals surface area contributed by atoms with E-state index >= 15 is 0 Å². The van der Waals surface area contributed by atoms with Crippen molar-refractivity contribution >= 4 is 23.4 Å². The van der Waals surface area contributed by atoms with Gasteiger partial charge in [-0.3, -0.25) is 0 Å². The Hall–Kier alpha value is -1.19. The van der Waals surface area contributed by atoms with E-state index in [2.05, 4.69) is 6.92 Å². The minimum absolute atomic E-state index is 0.324. The Balaban J connectivity index is 2.21. The van der Waals surface area contributed by atoms with Crippen LogP contribution in [-0.2, 0) is 0 Å². The van der Waals surface area contributed by atoms with Gasteiger partial charge in [-0.05, 0) is 48.6 Å². The quantitative estimate of drug-likeness (QED) is 0.670. The van der Waals surface area contributed by atoms with Crippen molar-refractivity contribution in [2.45, 2.75) is 18.7 Å². The highest BCUT2D eigenvalue weighted by Crippen LogP contribution is 2.30. The first-order chi connectivity index (χ1) is 9.08. The molecule has 0 aromatic heterocycles. The van der Waals surface area contributed by atoms with Gasteiger partial charge in [0.05, 0.1) is 0 Å². The van der Waals surface area contributed by atoms with Crippen LogP contribution in [0.1, 0.15) is 12.5 Å². The van der Waals surface area contributed by atoms with Gasteiger partial charge in [0, 0.05) is 16.0 Å². The Bertz CT molecular complexity index is 566. The summed E-state index contributed by atoms with van der Waals surface area (Å²) in [7, 11) is 0. The molecule has 0 atom stereocenters. The summed E-state index contributed by atoms with van der Waals surface area (Å²) in [6.07, 6.45) is 0. The Morgan fingerprint density at radius 1 is 1.16 bits per heavy atom. The average molecular weight is 297 g/mol. The molecule has 0 aliphatic heterocycles. The molecular weight excluding hydrogens is 283 g/mol. The number of aryl methyl sites for hydroxylation is 1. The Morgan fingerprint density at radius 3 is 2.58 bits per heavy atom. The predicted octanol–water partition coefficient (Wildman–Crippen LogP) is 5.69. The van der Waals surface area contributed by atoms with Crippen LogP contribution in [0.5, 0.6) is 11.5 Å². The molecule has 0 saturated heterocycles. The summed E-state index contributed by atoms with van der Waals surface area (Å²) in [4.78, 5) is 1.23. The number of rotatable bonds is 4. The van der Waals surface area contributed by atoms with Crippen molar-refractivity contribution in [2.75, 3.05) is 5.75 Å². The van der Waals surface area contributed by atoms with Crippen LogP contribution in [0.15, 0.2) is 41.3 Å². The topological polar surface area (TPSA) is 9.23 Å². The zero-order chi connectivity index (χ0) is 13.8. The molecule has 0 fully saturated rings. The molecule has 0 radical (unpaired) electrons. The van der Waals surface area contributed by atoms with Crippen LogP contribution < -0.4 is 4.74 Å². The highest BCUT2D eigenvalue weighted by atomic mass is 35.5. The van der Waals surface area contributed by atoms with E-state index in [-0.39, 0.29) is 0 Å². The number of thioether (sulfide) groups is 1. The second-order valence-electron chi connectivity index (χ2n) is 4.07. The fourth-order valence-corrected chi connectivity index (χ4v) is 2.70. The van der Waals surface area contributed by atoms with Crippen LogP contribution in [0, 0.1) is 12.7 Å². The zero-order valence-electron chi connectivity index (χ0n) is 10.7. The molecule has 0 heterocycles. The van der Waals surface area contributed by atoms with Gasteiger partial charge in [-0.1, -0.05) is 18.5 Å². The van der Waals surface area contributed by atoms with E-state index in [1.165, 1.54) is 17.0 Å². The second kappa shape index (κ2) is 6.31. The lowest BCUT2D eigenvalue weighted by molar-refractivity contribution is 0.476. The predicted molar refractivity (Wildman–Crippen MR) is 79.1 cm³/mol. The number of benzene rings is 2. The molecule has 0 aliphatic rings. The molecule has 0 spiro atoms. The molecule has 0 aliphatic carbocycles. The minimum Gasteiger partial charge on any atom is -0.457 e. The van der Waals surface area contributed by atoms with Crippen molar-refractivity contribution in [2.24, 2.45) is 0 Å². The van der Waals surface area contributed by atoms with Crippen LogP contribution in [0.2, 0.25) is 5.02 Å². The summed E-state index contributed by atoms with van der Waals surface area (Å²) in [6.45, 7) is 4.15. The fraction of sp³-hybridized carbons (Fsp3) is 0.200. The monoisotopic (exact) mass is 296 g/mol. The Morgan fingerprint density at radius 2 is 1.95 bits per heavy atom. The molecule has 100 valence electrons. The van der Waals surface area contributed by atoms with Gasteiger partial charge in [0.1, 0.15) is 17.3 Å². The van der Waals surface area contributed by atoms with Crippen LogP contribution in [0.4, 0.5) is 4.39 Å². The molecule has 0 bridgehead atoms. The van der Waals surface area contributed by atoms with Crippen molar-refractivity contribution in [3.05, 3.63) is 52.8 Å². The molecule has 0 saturated carbocycles. The standard InChI is InChI=1S/C15H14ClFOS/c1-3-19-15-5-4-13(6-10(15)2)18-14-8-11(16)7-12(17)9-14/h4-9H,3H2,1-2H3. The van der Waals surface area contributed by atoms with E-state index < -0.39 is 5.82 Å². The average Bonchev–Trinajstić information content (AvgIpc) is 2.31. The number of hydrogen-bond donors (Lipinski definition) is 0.